The van der Waals surface area contributed by atoms with Crippen molar-refractivity contribution in [3.63, 3.8) is 0 Å². The van der Waals surface area contributed by atoms with E-state index in [1.54, 1.807) is 0 Å². The zero-order chi connectivity index (χ0) is 14.4. The second-order valence-corrected chi connectivity index (χ2v) is 5.00. The standard InChI is InChI=1S/C18H23NO/c1-4-15-9-8-12-17(13-15)20-14(2)18(19-3)16-10-6-5-7-11-16/h5-14,18-19H,4H2,1-3H3. The molecule has 0 fully saturated rings. The molecule has 0 heterocycles. The smallest absolute Gasteiger partial charge is 0.120 e. The van der Waals surface area contributed by atoms with E-state index in [2.05, 4.69) is 61.6 Å². The van der Waals surface area contributed by atoms with Gasteiger partial charge in [-0.2, -0.15) is 0 Å². The van der Waals surface area contributed by atoms with E-state index < -0.39 is 0 Å². The van der Waals surface area contributed by atoms with Crippen LogP contribution in [0, 0.1) is 0 Å². The minimum Gasteiger partial charge on any atom is -0.489 e. The Kier molecular flexibility index (Phi) is 5.19. The van der Waals surface area contributed by atoms with E-state index in [0.717, 1.165) is 12.2 Å². The van der Waals surface area contributed by atoms with Crippen LogP contribution in [0.2, 0.25) is 0 Å². The first-order valence-corrected chi connectivity index (χ1v) is 7.22. The number of rotatable bonds is 6. The fourth-order valence-corrected chi connectivity index (χ4v) is 2.45. The highest BCUT2D eigenvalue weighted by molar-refractivity contribution is 5.29. The van der Waals surface area contributed by atoms with Gasteiger partial charge in [-0.1, -0.05) is 49.4 Å². The van der Waals surface area contributed by atoms with Crippen molar-refractivity contribution in [1.82, 2.24) is 5.32 Å². The Balaban J connectivity index is 2.11. The number of likely N-dealkylation sites (N-methyl/N-ethyl adjacent to an activating group) is 1. The molecule has 0 aromatic heterocycles. The van der Waals surface area contributed by atoms with Gasteiger partial charge in [-0.3, -0.25) is 0 Å². The van der Waals surface area contributed by atoms with Crippen molar-refractivity contribution in [3.05, 3.63) is 65.7 Å². The minimum absolute atomic E-state index is 0.0644. The maximum Gasteiger partial charge on any atom is 0.120 e. The molecular weight excluding hydrogens is 246 g/mol. The second kappa shape index (κ2) is 7.11. The summed E-state index contributed by atoms with van der Waals surface area (Å²) in [6.07, 6.45) is 1.09. The van der Waals surface area contributed by atoms with Crippen LogP contribution in [0.1, 0.15) is 31.0 Å². The van der Waals surface area contributed by atoms with Gasteiger partial charge in [0.1, 0.15) is 11.9 Å². The van der Waals surface area contributed by atoms with Crippen LogP contribution in [0.25, 0.3) is 0 Å². The summed E-state index contributed by atoms with van der Waals surface area (Å²) in [4.78, 5) is 0. The molecule has 0 amide bonds. The topological polar surface area (TPSA) is 21.3 Å². The van der Waals surface area contributed by atoms with Crippen molar-refractivity contribution in [3.8, 4) is 5.75 Å². The number of benzene rings is 2. The Morgan fingerprint density at radius 2 is 1.80 bits per heavy atom. The lowest BCUT2D eigenvalue weighted by atomic mass is 10.0. The summed E-state index contributed by atoms with van der Waals surface area (Å²) >= 11 is 0. The predicted molar refractivity (Wildman–Crippen MR) is 84.2 cm³/mol. The van der Waals surface area contributed by atoms with Gasteiger partial charge in [-0.15, -0.1) is 0 Å². The van der Waals surface area contributed by atoms with Gasteiger partial charge < -0.3 is 10.1 Å². The molecule has 0 aliphatic rings. The Hall–Kier alpha value is -1.80. The van der Waals surface area contributed by atoms with Crippen LogP contribution in [-0.2, 0) is 6.42 Å². The molecule has 0 radical (unpaired) electrons. The van der Waals surface area contributed by atoms with Crippen molar-refractivity contribution in [2.75, 3.05) is 7.05 Å². The third-order valence-corrected chi connectivity index (χ3v) is 3.57. The van der Waals surface area contributed by atoms with Gasteiger partial charge in [0.05, 0.1) is 6.04 Å². The van der Waals surface area contributed by atoms with Gasteiger partial charge >= 0.3 is 0 Å². The number of hydrogen-bond donors (Lipinski definition) is 1. The molecule has 106 valence electrons. The Morgan fingerprint density at radius 3 is 2.45 bits per heavy atom. The van der Waals surface area contributed by atoms with Crippen molar-refractivity contribution in [2.24, 2.45) is 0 Å². The predicted octanol–water partition coefficient (Wildman–Crippen LogP) is 3.98. The maximum atomic E-state index is 6.10. The molecule has 0 bridgehead atoms. The molecule has 0 saturated heterocycles. The molecule has 0 aliphatic carbocycles. The fraction of sp³-hybridized carbons (Fsp3) is 0.333. The molecule has 2 unspecified atom stereocenters. The summed E-state index contributed by atoms with van der Waals surface area (Å²) in [5.41, 5.74) is 2.55. The zero-order valence-electron chi connectivity index (χ0n) is 12.5. The number of aryl methyl sites for hydroxylation is 1. The summed E-state index contributed by atoms with van der Waals surface area (Å²) < 4.78 is 6.10. The highest BCUT2D eigenvalue weighted by Crippen LogP contribution is 2.22. The zero-order valence-corrected chi connectivity index (χ0v) is 12.5. The highest BCUT2D eigenvalue weighted by Gasteiger charge is 2.18. The Labute approximate surface area is 121 Å². The van der Waals surface area contributed by atoms with Crippen LogP contribution in [0.5, 0.6) is 5.75 Å². The monoisotopic (exact) mass is 269 g/mol. The molecule has 2 heteroatoms. The normalized spacial score (nSPS) is 13.8. The minimum atomic E-state index is 0.0644. The molecule has 2 nitrogen and oxygen atoms in total. The van der Waals surface area contributed by atoms with E-state index in [-0.39, 0.29) is 12.1 Å². The quantitative estimate of drug-likeness (QED) is 0.856. The molecule has 0 aliphatic heterocycles. The van der Waals surface area contributed by atoms with Gasteiger partial charge in [0.2, 0.25) is 0 Å². The van der Waals surface area contributed by atoms with Crippen LogP contribution in [0.3, 0.4) is 0 Å². The Morgan fingerprint density at radius 1 is 1.05 bits per heavy atom. The lowest BCUT2D eigenvalue weighted by Crippen LogP contribution is -2.31. The summed E-state index contributed by atoms with van der Waals surface area (Å²) in [6.45, 7) is 4.26. The molecule has 0 saturated carbocycles. The summed E-state index contributed by atoms with van der Waals surface area (Å²) in [7, 11) is 1.97. The van der Waals surface area contributed by atoms with Gasteiger partial charge in [0.15, 0.2) is 0 Å². The molecule has 2 aromatic rings. The lowest BCUT2D eigenvalue weighted by molar-refractivity contribution is 0.175. The maximum absolute atomic E-state index is 6.10. The van der Waals surface area contributed by atoms with Crippen molar-refractivity contribution in [1.29, 1.82) is 0 Å². The van der Waals surface area contributed by atoms with Crippen LogP contribution < -0.4 is 10.1 Å². The molecule has 2 atom stereocenters. The lowest BCUT2D eigenvalue weighted by Gasteiger charge is -2.25. The first kappa shape index (κ1) is 14.6. The average Bonchev–Trinajstić information content (AvgIpc) is 2.49. The van der Waals surface area contributed by atoms with E-state index in [4.69, 9.17) is 4.74 Å². The number of ether oxygens (including phenoxy) is 1. The van der Waals surface area contributed by atoms with Crippen LogP contribution in [0.15, 0.2) is 54.6 Å². The summed E-state index contributed by atoms with van der Waals surface area (Å²) in [6, 6.07) is 18.9. The number of hydrogen-bond acceptors (Lipinski definition) is 2. The van der Waals surface area contributed by atoms with Gasteiger partial charge in [0, 0.05) is 0 Å². The van der Waals surface area contributed by atoms with E-state index in [9.17, 15) is 0 Å². The van der Waals surface area contributed by atoms with E-state index >= 15 is 0 Å². The highest BCUT2D eigenvalue weighted by atomic mass is 16.5. The molecule has 0 spiro atoms. The molecule has 20 heavy (non-hydrogen) atoms. The molecular formula is C18H23NO. The van der Waals surface area contributed by atoms with Crippen LogP contribution >= 0.6 is 0 Å². The Bertz CT molecular complexity index is 524. The largest absolute Gasteiger partial charge is 0.489 e. The van der Waals surface area contributed by atoms with Gasteiger partial charge in [0.25, 0.3) is 0 Å². The van der Waals surface area contributed by atoms with Crippen molar-refractivity contribution < 1.29 is 4.74 Å². The SMILES string of the molecule is CCc1cccc(OC(C)C(NC)c2ccccc2)c1. The molecule has 1 N–H and O–H groups in total. The van der Waals surface area contributed by atoms with Crippen molar-refractivity contribution in [2.45, 2.75) is 32.4 Å². The molecule has 2 rings (SSSR count). The van der Waals surface area contributed by atoms with Gasteiger partial charge in [-0.05, 0) is 43.7 Å². The summed E-state index contributed by atoms with van der Waals surface area (Å²) in [5.74, 6) is 0.938. The van der Waals surface area contributed by atoms with Crippen LogP contribution in [-0.4, -0.2) is 13.2 Å². The van der Waals surface area contributed by atoms with E-state index in [1.807, 2.05) is 19.2 Å². The third kappa shape index (κ3) is 3.61. The summed E-state index contributed by atoms with van der Waals surface area (Å²) in [5, 5.41) is 3.34. The van der Waals surface area contributed by atoms with E-state index in [0.29, 0.717) is 0 Å². The van der Waals surface area contributed by atoms with E-state index in [1.165, 1.54) is 11.1 Å². The molecule has 2 aromatic carbocycles. The van der Waals surface area contributed by atoms with Gasteiger partial charge in [-0.25, -0.2) is 0 Å². The first-order valence-electron chi connectivity index (χ1n) is 7.22. The van der Waals surface area contributed by atoms with Crippen molar-refractivity contribution >= 4 is 0 Å². The fourth-order valence-electron chi connectivity index (χ4n) is 2.45. The number of nitrogens with one attached hydrogen (secondary N) is 1. The average molecular weight is 269 g/mol. The third-order valence-electron chi connectivity index (χ3n) is 3.57. The first-order chi connectivity index (χ1) is 9.74. The second-order valence-electron chi connectivity index (χ2n) is 5.00. The van der Waals surface area contributed by atoms with Crippen LogP contribution in [0.4, 0.5) is 0 Å².